The third-order valence-corrected chi connectivity index (χ3v) is 0.710. The summed E-state index contributed by atoms with van der Waals surface area (Å²) in [7, 11) is 0. The van der Waals surface area contributed by atoms with Crippen LogP contribution in [0.1, 0.15) is 6.92 Å². The molecule has 5 heteroatoms. The third kappa shape index (κ3) is 3.48. The number of amides is 1. The predicted octanol–water partition coefficient (Wildman–Crippen LogP) is -1.21. The molecule has 0 radical (unpaired) electrons. The van der Waals surface area contributed by atoms with Gasteiger partial charge in [0.25, 0.3) is 0 Å². The summed E-state index contributed by atoms with van der Waals surface area (Å²) in [6.45, 7) is 0.748. The molecule has 0 aromatic rings. The lowest BCUT2D eigenvalue weighted by Crippen LogP contribution is -2.39. The van der Waals surface area contributed by atoms with Crippen LogP contribution in [-0.4, -0.2) is 28.5 Å². The SMILES string of the molecule is CC(=O)N(N)CC(=O)O. The van der Waals surface area contributed by atoms with Gasteiger partial charge < -0.3 is 5.11 Å². The Morgan fingerprint density at radius 3 is 2.22 bits per heavy atom. The van der Waals surface area contributed by atoms with Crippen molar-refractivity contribution in [3.05, 3.63) is 0 Å². The van der Waals surface area contributed by atoms with Crippen molar-refractivity contribution in [2.45, 2.75) is 6.92 Å². The summed E-state index contributed by atoms with van der Waals surface area (Å²) in [6, 6.07) is 0. The Labute approximate surface area is 52.0 Å². The highest BCUT2D eigenvalue weighted by molar-refractivity contribution is 5.78. The molecule has 0 aliphatic heterocycles. The first-order chi connectivity index (χ1) is 4.04. The van der Waals surface area contributed by atoms with Gasteiger partial charge in [-0.3, -0.25) is 14.6 Å². The Morgan fingerprint density at radius 2 is 2.11 bits per heavy atom. The zero-order valence-electron chi connectivity index (χ0n) is 5.00. The van der Waals surface area contributed by atoms with Gasteiger partial charge in [0.1, 0.15) is 6.54 Å². The molecular weight excluding hydrogens is 124 g/mol. The second-order valence-corrected chi connectivity index (χ2v) is 1.54. The minimum Gasteiger partial charge on any atom is -0.480 e. The predicted molar refractivity (Wildman–Crippen MR) is 29.2 cm³/mol. The molecule has 0 bridgehead atoms. The second kappa shape index (κ2) is 3.03. The number of carbonyl (C=O) groups is 2. The van der Waals surface area contributed by atoms with Crippen molar-refractivity contribution < 1.29 is 14.7 Å². The number of hydrogen-bond donors (Lipinski definition) is 2. The molecule has 0 saturated carbocycles. The van der Waals surface area contributed by atoms with Gasteiger partial charge in [-0.15, -0.1) is 0 Å². The zero-order valence-corrected chi connectivity index (χ0v) is 5.00. The number of nitrogens with zero attached hydrogens (tertiary/aromatic N) is 1. The highest BCUT2D eigenvalue weighted by Gasteiger charge is 2.05. The molecule has 0 saturated heterocycles. The van der Waals surface area contributed by atoms with Gasteiger partial charge in [-0.25, -0.2) is 5.84 Å². The topological polar surface area (TPSA) is 83.6 Å². The van der Waals surface area contributed by atoms with Gasteiger partial charge in [0, 0.05) is 6.92 Å². The molecule has 0 aromatic heterocycles. The molecule has 0 rings (SSSR count). The summed E-state index contributed by atoms with van der Waals surface area (Å²) in [6.07, 6.45) is 0. The van der Waals surface area contributed by atoms with Gasteiger partial charge in [0.2, 0.25) is 5.91 Å². The number of carbonyl (C=O) groups excluding carboxylic acids is 1. The normalized spacial score (nSPS) is 8.67. The molecule has 5 nitrogen and oxygen atoms in total. The summed E-state index contributed by atoms with van der Waals surface area (Å²) in [5.74, 6) is 3.34. The molecule has 3 N–H and O–H groups in total. The Bertz CT molecular complexity index is 134. The molecule has 0 fully saturated rings. The number of carboxylic acids is 1. The van der Waals surface area contributed by atoms with E-state index in [4.69, 9.17) is 10.9 Å². The zero-order chi connectivity index (χ0) is 7.44. The van der Waals surface area contributed by atoms with Crippen molar-refractivity contribution in [3.8, 4) is 0 Å². The number of rotatable bonds is 2. The summed E-state index contributed by atoms with van der Waals surface area (Å²) >= 11 is 0. The molecule has 1 amide bonds. The second-order valence-electron chi connectivity index (χ2n) is 1.54. The lowest BCUT2D eigenvalue weighted by atomic mass is 10.6. The first-order valence-electron chi connectivity index (χ1n) is 2.28. The van der Waals surface area contributed by atoms with E-state index in [1.165, 1.54) is 6.92 Å². The number of nitrogens with two attached hydrogens (primary N) is 1. The van der Waals surface area contributed by atoms with Crippen LogP contribution in [-0.2, 0) is 9.59 Å². The van der Waals surface area contributed by atoms with Gasteiger partial charge in [-0.1, -0.05) is 0 Å². The van der Waals surface area contributed by atoms with Crippen molar-refractivity contribution in [1.29, 1.82) is 0 Å². The quantitative estimate of drug-likeness (QED) is 0.280. The summed E-state index contributed by atoms with van der Waals surface area (Å²) in [5, 5.41) is 8.69. The van der Waals surface area contributed by atoms with Crippen LogP contribution < -0.4 is 5.84 Å². The summed E-state index contributed by atoms with van der Waals surface area (Å²) in [4.78, 5) is 20.1. The lowest BCUT2D eigenvalue weighted by molar-refractivity contribution is -0.143. The van der Waals surface area contributed by atoms with Crippen LogP contribution in [0.2, 0.25) is 0 Å². The molecule has 0 atom stereocenters. The highest BCUT2D eigenvalue weighted by Crippen LogP contribution is 1.76. The Balaban J connectivity index is 3.63. The van der Waals surface area contributed by atoms with Gasteiger partial charge in [-0.2, -0.15) is 0 Å². The average molecular weight is 132 g/mol. The molecule has 0 heterocycles. The number of hydrogen-bond acceptors (Lipinski definition) is 3. The fourth-order valence-corrected chi connectivity index (χ4v) is 0.257. The number of hydrazine groups is 1. The van der Waals surface area contributed by atoms with Crippen molar-refractivity contribution >= 4 is 11.9 Å². The Kier molecular flexibility index (Phi) is 2.66. The average Bonchev–Trinajstić information content (AvgIpc) is 1.63. The van der Waals surface area contributed by atoms with E-state index in [2.05, 4.69) is 0 Å². The van der Waals surface area contributed by atoms with E-state index >= 15 is 0 Å². The van der Waals surface area contributed by atoms with E-state index in [-0.39, 0.29) is 0 Å². The van der Waals surface area contributed by atoms with Crippen molar-refractivity contribution in [2.75, 3.05) is 6.54 Å². The summed E-state index contributed by atoms with van der Waals surface area (Å²) < 4.78 is 0. The maximum atomic E-state index is 10.2. The van der Waals surface area contributed by atoms with E-state index in [1.807, 2.05) is 0 Å². The van der Waals surface area contributed by atoms with Gasteiger partial charge in [0.15, 0.2) is 0 Å². The molecule has 0 aliphatic rings. The van der Waals surface area contributed by atoms with Gasteiger partial charge >= 0.3 is 5.97 Å². The fourth-order valence-electron chi connectivity index (χ4n) is 0.257. The summed E-state index contributed by atoms with van der Waals surface area (Å²) in [5.41, 5.74) is 0. The largest absolute Gasteiger partial charge is 0.480 e. The molecule has 0 unspecified atom stereocenters. The van der Waals surface area contributed by atoms with Crippen LogP contribution in [0.4, 0.5) is 0 Å². The minimum absolute atomic E-state index is 0.449. The molecule has 0 aliphatic carbocycles. The molecular formula is C4H8N2O3. The number of carboxylic acid groups (broad SMARTS) is 1. The maximum Gasteiger partial charge on any atom is 0.324 e. The van der Waals surface area contributed by atoms with Crippen LogP contribution in [0.3, 0.4) is 0 Å². The maximum absolute atomic E-state index is 10.2. The Morgan fingerprint density at radius 1 is 1.67 bits per heavy atom. The van der Waals surface area contributed by atoms with E-state index < -0.39 is 18.4 Å². The molecule has 0 aromatic carbocycles. The Hall–Kier alpha value is -1.10. The molecule has 9 heavy (non-hydrogen) atoms. The van der Waals surface area contributed by atoms with E-state index in [1.54, 1.807) is 0 Å². The van der Waals surface area contributed by atoms with Crippen LogP contribution >= 0.6 is 0 Å². The van der Waals surface area contributed by atoms with E-state index in [0.29, 0.717) is 5.01 Å². The van der Waals surface area contributed by atoms with Crippen LogP contribution in [0.5, 0.6) is 0 Å². The lowest BCUT2D eigenvalue weighted by Gasteiger charge is -2.09. The smallest absolute Gasteiger partial charge is 0.324 e. The van der Waals surface area contributed by atoms with Crippen LogP contribution in [0, 0.1) is 0 Å². The first kappa shape index (κ1) is 7.90. The molecule has 0 spiro atoms. The van der Waals surface area contributed by atoms with Crippen LogP contribution in [0.15, 0.2) is 0 Å². The third-order valence-electron chi connectivity index (χ3n) is 0.710. The van der Waals surface area contributed by atoms with E-state index in [9.17, 15) is 9.59 Å². The van der Waals surface area contributed by atoms with Crippen molar-refractivity contribution in [1.82, 2.24) is 5.01 Å². The monoisotopic (exact) mass is 132 g/mol. The fraction of sp³-hybridized carbons (Fsp3) is 0.500. The van der Waals surface area contributed by atoms with E-state index in [0.717, 1.165) is 0 Å². The standard InChI is InChI=1S/C4H8N2O3/c1-3(7)6(5)2-4(8)9/h2,5H2,1H3,(H,8,9). The van der Waals surface area contributed by atoms with Crippen LogP contribution in [0.25, 0.3) is 0 Å². The van der Waals surface area contributed by atoms with Gasteiger partial charge in [0.05, 0.1) is 0 Å². The van der Waals surface area contributed by atoms with Crippen molar-refractivity contribution in [3.63, 3.8) is 0 Å². The first-order valence-corrected chi connectivity index (χ1v) is 2.28. The number of aliphatic carboxylic acids is 1. The van der Waals surface area contributed by atoms with Gasteiger partial charge in [-0.05, 0) is 0 Å². The highest BCUT2D eigenvalue weighted by atomic mass is 16.4. The molecule has 52 valence electrons. The van der Waals surface area contributed by atoms with Crippen molar-refractivity contribution in [2.24, 2.45) is 5.84 Å². The minimum atomic E-state index is -1.12.